The number of nitrogens with zero attached hydrogens (tertiary/aromatic N) is 1. The minimum Gasteiger partial charge on any atom is -0.376 e. The summed E-state index contributed by atoms with van der Waals surface area (Å²) in [5.74, 6) is -1.10. The molecule has 0 heterocycles. The second kappa shape index (κ2) is 6.30. The van der Waals surface area contributed by atoms with Crippen molar-refractivity contribution in [2.45, 2.75) is 45.7 Å². The fourth-order valence-electron chi connectivity index (χ4n) is 1.34. The van der Waals surface area contributed by atoms with Crippen LogP contribution in [0.5, 0.6) is 0 Å². The summed E-state index contributed by atoms with van der Waals surface area (Å²) in [5, 5.41) is 10.1. The van der Waals surface area contributed by atoms with Gasteiger partial charge in [-0.25, -0.2) is 0 Å². The van der Waals surface area contributed by atoms with Crippen molar-refractivity contribution in [3.05, 3.63) is 0 Å². The van der Waals surface area contributed by atoms with E-state index in [4.69, 9.17) is 9.05 Å². The molecule has 1 unspecified atom stereocenters. The lowest BCUT2D eigenvalue weighted by Crippen LogP contribution is -2.42. The van der Waals surface area contributed by atoms with Crippen molar-refractivity contribution in [2.24, 2.45) is 0 Å². The summed E-state index contributed by atoms with van der Waals surface area (Å²) in [6, 6.07) is 0. The summed E-state index contributed by atoms with van der Waals surface area (Å²) >= 11 is 0. The van der Waals surface area contributed by atoms with Gasteiger partial charge in [0.25, 0.3) is 0 Å². The van der Waals surface area contributed by atoms with E-state index in [1.54, 1.807) is 27.7 Å². The first-order valence-corrected chi connectivity index (χ1v) is 7.52. The van der Waals surface area contributed by atoms with Crippen molar-refractivity contribution in [1.82, 2.24) is 0 Å². The third-order valence-electron chi connectivity index (χ3n) is 1.79. The molecule has 0 aliphatic heterocycles. The molecule has 0 rings (SSSR count). The topological polar surface area (TPSA) is 55.8 Å². The van der Waals surface area contributed by atoms with E-state index < -0.39 is 13.4 Å². The Labute approximate surface area is 105 Å². The smallest absolute Gasteiger partial charge is 0.365 e. The molecule has 0 bridgehead atoms. The molecule has 0 spiro atoms. The molecule has 0 saturated carbocycles. The van der Waals surface area contributed by atoms with Crippen LogP contribution in [0.25, 0.3) is 0 Å². The Bertz CT molecular complexity index is 259. The number of aliphatic hydroxyl groups excluding tert-OH is 1. The highest BCUT2D eigenvalue weighted by molar-refractivity contribution is 7.54. The van der Waals surface area contributed by atoms with Gasteiger partial charge in [0.1, 0.15) is 6.54 Å². The van der Waals surface area contributed by atoms with E-state index in [0.29, 0.717) is 11.0 Å². The fourth-order valence-corrected chi connectivity index (χ4v) is 3.54. The lowest BCUT2D eigenvalue weighted by atomic mass is 10.5. The predicted octanol–water partition coefficient (Wildman–Crippen LogP) is 2.05. The third kappa shape index (κ3) is 7.17. The summed E-state index contributed by atoms with van der Waals surface area (Å²) in [5.41, 5.74) is 0. The fraction of sp³-hybridized carbons (Fsp3) is 1.00. The molecule has 5 nitrogen and oxygen atoms in total. The number of aliphatic hydroxyl groups is 1. The van der Waals surface area contributed by atoms with Crippen molar-refractivity contribution in [1.29, 1.82) is 0 Å². The summed E-state index contributed by atoms with van der Waals surface area (Å²) in [7, 11) is 2.27. The predicted molar refractivity (Wildman–Crippen MR) is 69.0 cm³/mol. The summed E-state index contributed by atoms with van der Waals surface area (Å²) in [4.78, 5) is 0. The van der Waals surface area contributed by atoms with Gasteiger partial charge in [-0.1, -0.05) is 0 Å². The van der Waals surface area contributed by atoms with Gasteiger partial charge < -0.3 is 18.6 Å². The van der Waals surface area contributed by atoms with Crippen LogP contribution < -0.4 is 0 Å². The van der Waals surface area contributed by atoms with Gasteiger partial charge in [-0.3, -0.25) is 4.57 Å². The van der Waals surface area contributed by atoms with E-state index in [2.05, 4.69) is 0 Å². The average molecular weight is 268 g/mol. The Kier molecular flexibility index (Phi) is 6.33. The first-order valence-electron chi connectivity index (χ1n) is 5.91. The molecule has 0 radical (unpaired) electrons. The minimum absolute atomic E-state index is 0.248. The minimum atomic E-state index is -3.48. The van der Waals surface area contributed by atoms with Crippen LogP contribution in [0.15, 0.2) is 0 Å². The maximum absolute atomic E-state index is 12.5. The molecular formula is C11H27NO4P+. The second-order valence-corrected chi connectivity index (χ2v) is 7.90. The molecule has 1 N–H and O–H groups in total. The van der Waals surface area contributed by atoms with Gasteiger partial charge in [-0.2, -0.15) is 0 Å². The number of rotatable bonds is 7. The van der Waals surface area contributed by atoms with Crippen LogP contribution in [0.2, 0.25) is 0 Å². The van der Waals surface area contributed by atoms with Gasteiger partial charge in [0.2, 0.25) is 5.85 Å². The van der Waals surface area contributed by atoms with Gasteiger partial charge in [0, 0.05) is 0 Å². The first-order chi connectivity index (χ1) is 7.46. The molecule has 0 aromatic carbocycles. The van der Waals surface area contributed by atoms with Crippen LogP contribution in [0.4, 0.5) is 0 Å². The molecule has 0 aromatic rings. The Hall–Kier alpha value is 0.0700. The molecule has 6 heteroatoms. The van der Waals surface area contributed by atoms with E-state index in [1.807, 2.05) is 21.1 Å². The van der Waals surface area contributed by atoms with Crippen molar-refractivity contribution >= 4 is 7.60 Å². The summed E-state index contributed by atoms with van der Waals surface area (Å²) in [6.07, 6.45) is -0.497. The van der Waals surface area contributed by atoms with E-state index in [1.165, 1.54) is 0 Å². The quantitative estimate of drug-likeness (QED) is 0.567. The third-order valence-corrected chi connectivity index (χ3v) is 4.12. The Morgan fingerprint density at radius 1 is 1.06 bits per heavy atom. The molecular weight excluding hydrogens is 241 g/mol. The zero-order valence-electron chi connectivity index (χ0n) is 12.0. The number of quaternary nitrogens is 1. The van der Waals surface area contributed by atoms with Crippen molar-refractivity contribution in [2.75, 3.05) is 27.7 Å². The monoisotopic (exact) mass is 268 g/mol. The van der Waals surface area contributed by atoms with Gasteiger partial charge in [-0.05, 0) is 27.7 Å². The molecule has 104 valence electrons. The summed E-state index contributed by atoms with van der Waals surface area (Å²) in [6.45, 7) is 7.41. The highest BCUT2D eigenvalue weighted by Crippen LogP contribution is 2.54. The van der Waals surface area contributed by atoms with Gasteiger partial charge in [-0.15, -0.1) is 0 Å². The van der Waals surface area contributed by atoms with Gasteiger partial charge in [0.15, 0.2) is 0 Å². The lowest BCUT2D eigenvalue weighted by Gasteiger charge is -2.31. The number of hydrogen-bond acceptors (Lipinski definition) is 4. The Morgan fingerprint density at radius 3 is 1.65 bits per heavy atom. The van der Waals surface area contributed by atoms with Gasteiger partial charge >= 0.3 is 7.60 Å². The van der Waals surface area contributed by atoms with Gasteiger partial charge in [0.05, 0.1) is 33.4 Å². The molecule has 0 aromatic heterocycles. The highest BCUT2D eigenvalue weighted by Gasteiger charge is 2.40. The molecule has 0 amide bonds. The molecule has 1 atom stereocenters. The maximum Gasteiger partial charge on any atom is 0.365 e. The maximum atomic E-state index is 12.5. The van der Waals surface area contributed by atoms with E-state index >= 15 is 0 Å². The standard InChI is InChI=1S/C11H27NO4P/c1-9(2)15-17(14,16-10(3)4)11(13)8-12(5,6)7/h9-11,13H,8H2,1-7H3/q+1. The molecule has 0 aliphatic carbocycles. The van der Waals surface area contributed by atoms with E-state index in [9.17, 15) is 9.67 Å². The SMILES string of the molecule is CC(C)OP(=O)(OC(C)C)C(O)C[N+](C)(C)C. The van der Waals surface area contributed by atoms with E-state index in [0.717, 1.165) is 0 Å². The molecule has 0 fully saturated rings. The lowest BCUT2D eigenvalue weighted by molar-refractivity contribution is -0.872. The van der Waals surface area contributed by atoms with Crippen molar-refractivity contribution in [3.8, 4) is 0 Å². The first kappa shape index (κ1) is 17.1. The zero-order chi connectivity index (χ0) is 13.9. The van der Waals surface area contributed by atoms with Crippen LogP contribution in [-0.2, 0) is 13.6 Å². The van der Waals surface area contributed by atoms with Crippen LogP contribution in [0, 0.1) is 0 Å². The molecule has 0 saturated heterocycles. The van der Waals surface area contributed by atoms with Crippen LogP contribution in [-0.4, -0.2) is 55.3 Å². The molecule has 0 aliphatic rings. The highest BCUT2D eigenvalue weighted by atomic mass is 31.2. The van der Waals surface area contributed by atoms with Crippen LogP contribution >= 0.6 is 7.60 Å². The van der Waals surface area contributed by atoms with E-state index in [-0.39, 0.29) is 12.2 Å². The average Bonchev–Trinajstić information content (AvgIpc) is 1.96. The Morgan fingerprint density at radius 2 is 1.41 bits per heavy atom. The van der Waals surface area contributed by atoms with Crippen molar-refractivity contribution in [3.63, 3.8) is 0 Å². The molecule has 17 heavy (non-hydrogen) atoms. The second-order valence-electron chi connectivity index (χ2n) is 5.80. The van der Waals surface area contributed by atoms with Crippen molar-refractivity contribution < 1.29 is 23.2 Å². The summed E-state index contributed by atoms with van der Waals surface area (Å²) < 4.78 is 23.7. The largest absolute Gasteiger partial charge is 0.376 e. The number of hydrogen-bond donors (Lipinski definition) is 1. The zero-order valence-corrected chi connectivity index (χ0v) is 12.9. The normalized spacial score (nSPS) is 15.6. The number of likely N-dealkylation sites (N-methyl/N-ethyl adjacent to an activating group) is 1. The van der Waals surface area contributed by atoms with Crippen LogP contribution in [0.3, 0.4) is 0 Å². The van der Waals surface area contributed by atoms with Crippen LogP contribution in [0.1, 0.15) is 27.7 Å². The Balaban J connectivity index is 4.85.